The first kappa shape index (κ1) is 22.5. The standard InChI is InChI=1S/C23H31N7O2/c1-4-5-10-20-24-22(23(31-2)32-3)27-30(20)15-16-11-13-17(14-12-16)18-8-6-7-9-19(18)21-25-28-29-26-21/h6-9,11-14,21,23,25-26,28-29H,4-5,10,15H2,1-3H3. The highest BCUT2D eigenvalue weighted by Crippen LogP contribution is 2.28. The van der Waals surface area contributed by atoms with Crippen LogP contribution in [0.4, 0.5) is 0 Å². The molecule has 170 valence electrons. The van der Waals surface area contributed by atoms with Crippen LogP contribution in [0.3, 0.4) is 0 Å². The van der Waals surface area contributed by atoms with Crippen molar-refractivity contribution >= 4 is 0 Å². The minimum absolute atomic E-state index is 0.0184. The monoisotopic (exact) mass is 437 g/mol. The van der Waals surface area contributed by atoms with Gasteiger partial charge in [0.05, 0.1) is 6.54 Å². The van der Waals surface area contributed by atoms with Crippen molar-refractivity contribution in [3.05, 3.63) is 71.3 Å². The van der Waals surface area contributed by atoms with Gasteiger partial charge in [0.15, 0.2) is 0 Å². The second kappa shape index (κ2) is 10.8. The Morgan fingerprint density at radius 2 is 1.72 bits per heavy atom. The molecule has 0 radical (unpaired) electrons. The van der Waals surface area contributed by atoms with E-state index in [4.69, 9.17) is 9.47 Å². The summed E-state index contributed by atoms with van der Waals surface area (Å²) in [6.45, 7) is 2.82. The second-order valence-corrected chi connectivity index (χ2v) is 7.71. The highest BCUT2D eigenvalue weighted by atomic mass is 16.7. The van der Waals surface area contributed by atoms with Crippen LogP contribution < -0.4 is 21.9 Å². The molecular weight excluding hydrogens is 406 g/mol. The van der Waals surface area contributed by atoms with Crippen LogP contribution in [-0.4, -0.2) is 29.0 Å². The topological polar surface area (TPSA) is 97.3 Å². The molecule has 32 heavy (non-hydrogen) atoms. The number of hydrazine groups is 3. The molecule has 9 heteroatoms. The zero-order valence-electron chi connectivity index (χ0n) is 18.8. The molecule has 4 rings (SSSR count). The maximum absolute atomic E-state index is 5.35. The van der Waals surface area contributed by atoms with Crippen LogP contribution in [-0.2, 0) is 22.4 Å². The molecule has 0 unspecified atom stereocenters. The molecule has 0 aliphatic carbocycles. The smallest absolute Gasteiger partial charge is 0.220 e. The number of nitrogens with one attached hydrogen (secondary N) is 4. The fourth-order valence-electron chi connectivity index (χ4n) is 3.83. The van der Waals surface area contributed by atoms with Crippen LogP contribution in [0.5, 0.6) is 0 Å². The number of rotatable bonds is 10. The Kier molecular flexibility index (Phi) is 7.59. The van der Waals surface area contributed by atoms with Crippen molar-refractivity contribution in [1.29, 1.82) is 0 Å². The molecule has 3 aromatic rings. The average molecular weight is 438 g/mol. The summed E-state index contributed by atoms with van der Waals surface area (Å²) in [5.74, 6) is 1.51. The van der Waals surface area contributed by atoms with Crippen molar-refractivity contribution < 1.29 is 9.47 Å². The number of aromatic nitrogens is 3. The summed E-state index contributed by atoms with van der Waals surface area (Å²) in [5, 5.41) is 4.67. The third-order valence-electron chi connectivity index (χ3n) is 5.52. The molecule has 4 N–H and O–H groups in total. The van der Waals surface area contributed by atoms with E-state index in [1.165, 1.54) is 5.56 Å². The summed E-state index contributed by atoms with van der Waals surface area (Å²) in [7, 11) is 3.19. The first-order chi connectivity index (χ1) is 15.7. The van der Waals surface area contributed by atoms with Gasteiger partial charge in [0.1, 0.15) is 12.0 Å². The first-order valence-electron chi connectivity index (χ1n) is 10.9. The highest BCUT2D eigenvalue weighted by Gasteiger charge is 2.20. The van der Waals surface area contributed by atoms with E-state index in [1.807, 2.05) is 10.7 Å². The fraction of sp³-hybridized carbons (Fsp3) is 0.391. The van der Waals surface area contributed by atoms with Gasteiger partial charge >= 0.3 is 0 Å². The van der Waals surface area contributed by atoms with E-state index >= 15 is 0 Å². The Morgan fingerprint density at radius 1 is 1.00 bits per heavy atom. The molecule has 0 amide bonds. The van der Waals surface area contributed by atoms with Gasteiger partial charge in [-0.2, -0.15) is 16.2 Å². The predicted molar refractivity (Wildman–Crippen MR) is 122 cm³/mol. The zero-order valence-corrected chi connectivity index (χ0v) is 18.8. The number of nitrogens with zero attached hydrogens (tertiary/aromatic N) is 3. The van der Waals surface area contributed by atoms with Crippen LogP contribution in [0.2, 0.25) is 0 Å². The number of ether oxygens (including phenoxy) is 2. The van der Waals surface area contributed by atoms with Gasteiger partial charge in [0.2, 0.25) is 12.1 Å². The normalized spacial score (nSPS) is 14.5. The molecule has 0 bridgehead atoms. The number of hydrogen-bond donors (Lipinski definition) is 4. The van der Waals surface area contributed by atoms with Gasteiger partial charge in [-0.1, -0.05) is 61.9 Å². The van der Waals surface area contributed by atoms with Gasteiger partial charge in [-0.25, -0.2) is 20.5 Å². The van der Waals surface area contributed by atoms with E-state index in [0.29, 0.717) is 12.4 Å². The lowest BCUT2D eigenvalue weighted by Gasteiger charge is -2.15. The number of unbranched alkanes of at least 4 members (excludes halogenated alkanes) is 1. The van der Waals surface area contributed by atoms with Crippen molar-refractivity contribution in [3.63, 3.8) is 0 Å². The summed E-state index contributed by atoms with van der Waals surface area (Å²) >= 11 is 0. The molecule has 1 aliphatic rings. The van der Waals surface area contributed by atoms with Gasteiger partial charge < -0.3 is 9.47 Å². The maximum atomic E-state index is 5.35. The zero-order chi connectivity index (χ0) is 22.3. The van der Waals surface area contributed by atoms with Gasteiger partial charge in [0, 0.05) is 20.6 Å². The van der Waals surface area contributed by atoms with E-state index in [-0.39, 0.29) is 6.17 Å². The maximum Gasteiger partial charge on any atom is 0.220 e. The summed E-state index contributed by atoms with van der Waals surface area (Å²) in [6.07, 6.45) is 2.46. The lowest BCUT2D eigenvalue weighted by atomic mass is 9.97. The number of hydrogen-bond acceptors (Lipinski definition) is 8. The van der Waals surface area contributed by atoms with E-state index in [1.54, 1.807) is 14.2 Å². The summed E-state index contributed by atoms with van der Waals surface area (Å²) in [6, 6.07) is 16.9. The lowest BCUT2D eigenvalue weighted by molar-refractivity contribution is -0.111. The van der Waals surface area contributed by atoms with Gasteiger partial charge in [-0.15, -0.1) is 0 Å². The molecule has 1 aromatic heterocycles. The van der Waals surface area contributed by atoms with E-state index in [0.717, 1.165) is 41.8 Å². The fourth-order valence-corrected chi connectivity index (χ4v) is 3.83. The Hall–Kier alpha value is -2.66. The third-order valence-corrected chi connectivity index (χ3v) is 5.52. The highest BCUT2D eigenvalue weighted by molar-refractivity contribution is 5.68. The van der Waals surface area contributed by atoms with E-state index < -0.39 is 6.29 Å². The molecule has 1 aliphatic heterocycles. The van der Waals surface area contributed by atoms with Gasteiger partial charge in [0.25, 0.3) is 0 Å². The molecule has 0 spiro atoms. The molecule has 0 saturated carbocycles. The van der Waals surface area contributed by atoms with Crippen LogP contribution >= 0.6 is 0 Å². The Bertz CT molecular complexity index is 996. The van der Waals surface area contributed by atoms with Crippen LogP contribution in [0, 0.1) is 0 Å². The molecule has 0 atom stereocenters. The van der Waals surface area contributed by atoms with Crippen molar-refractivity contribution in [2.24, 2.45) is 0 Å². The lowest BCUT2D eigenvalue weighted by Crippen LogP contribution is -2.33. The second-order valence-electron chi connectivity index (χ2n) is 7.71. The Balaban J connectivity index is 1.56. The van der Waals surface area contributed by atoms with Crippen molar-refractivity contribution in [3.8, 4) is 11.1 Å². The molecule has 9 nitrogen and oxygen atoms in total. The average Bonchev–Trinajstić information content (AvgIpc) is 3.50. The minimum Gasteiger partial charge on any atom is -0.349 e. The van der Waals surface area contributed by atoms with E-state index in [9.17, 15) is 0 Å². The molecule has 2 heterocycles. The van der Waals surface area contributed by atoms with Gasteiger partial charge in [-0.05, 0) is 28.7 Å². The van der Waals surface area contributed by atoms with Crippen molar-refractivity contribution in [1.82, 2.24) is 36.7 Å². The van der Waals surface area contributed by atoms with Gasteiger partial charge in [-0.3, -0.25) is 0 Å². The number of benzene rings is 2. The Morgan fingerprint density at radius 3 is 2.41 bits per heavy atom. The quantitative estimate of drug-likeness (QED) is 0.360. The summed E-state index contributed by atoms with van der Waals surface area (Å²) in [4.78, 5) is 4.68. The molecule has 2 aromatic carbocycles. The van der Waals surface area contributed by atoms with Crippen LogP contribution in [0.1, 0.15) is 55.0 Å². The summed E-state index contributed by atoms with van der Waals surface area (Å²) < 4.78 is 12.7. The minimum atomic E-state index is -0.558. The van der Waals surface area contributed by atoms with Crippen LogP contribution in [0.25, 0.3) is 11.1 Å². The Labute approximate surface area is 188 Å². The van der Waals surface area contributed by atoms with Crippen molar-refractivity contribution in [2.45, 2.75) is 45.2 Å². The van der Waals surface area contributed by atoms with Crippen LogP contribution in [0.15, 0.2) is 48.5 Å². The van der Waals surface area contributed by atoms with Crippen molar-refractivity contribution in [2.75, 3.05) is 14.2 Å². The SMILES string of the molecule is CCCCc1nc(C(OC)OC)nn1Cc1ccc(-c2ccccc2C2NNNN2)cc1. The van der Waals surface area contributed by atoms with E-state index in [2.05, 4.69) is 81.4 Å². The molecule has 1 fully saturated rings. The molecule has 1 saturated heterocycles. The molecular formula is C23H31N7O2. The largest absolute Gasteiger partial charge is 0.349 e. The summed E-state index contributed by atoms with van der Waals surface area (Å²) in [5.41, 5.74) is 16.7. The predicted octanol–water partition coefficient (Wildman–Crippen LogP) is 2.74. The number of aryl methyl sites for hydroxylation is 1. The first-order valence-corrected chi connectivity index (χ1v) is 10.9. The third kappa shape index (κ3) is 5.04. The number of methoxy groups -OCH3 is 2.